The van der Waals surface area contributed by atoms with Crippen LogP contribution in [0, 0.1) is 0 Å². The number of rotatable bonds is 2. The van der Waals surface area contributed by atoms with Gasteiger partial charge in [0, 0.05) is 11.6 Å². The Balaban J connectivity index is 1.86. The van der Waals surface area contributed by atoms with Crippen molar-refractivity contribution in [3.8, 4) is 5.75 Å². The van der Waals surface area contributed by atoms with E-state index < -0.39 is 0 Å². The monoisotopic (exact) mass is 276 g/mol. The van der Waals surface area contributed by atoms with Crippen LogP contribution >= 0.6 is 0 Å². The predicted molar refractivity (Wildman–Crippen MR) is 80.0 cm³/mol. The lowest BCUT2D eigenvalue weighted by Crippen LogP contribution is -2.02. The normalized spacial score (nSPS) is 11.2. The molecule has 21 heavy (non-hydrogen) atoms. The van der Waals surface area contributed by atoms with E-state index in [9.17, 15) is 5.11 Å². The molecule has 1 N–H and O–H groups in total. The molecule has 0 fully saturated rings. The molecule has 0 atom stereocenters. The Hall–Kier alpha value is -2.95. The van der Waals surface area contributed by atoms with Gasteiger partial charge in [-0.1, -0.05) is 29.5 Å². The molecule has 5 nitrogen and oxygen atoms in total. The number of para-hydroxylation sites is 1. The van der Waals surface area contributed by atoms with Gasteiger partial charge in [0.25, 0.3) is 0 Å². The molecule has 102 valence electrons. The zero-order valence-electron chi connectivity index (χ0n) is 11.1. The fourth-order valence-electron chi connectivity index (χ4n) is 2.55. The van der Waals surface area contributed by atoms with Crippen LogP contribution in [0.5, 0.6) is 5.75 Å². The molecule has 0 radical (unpaired) electrons. The lowest BCUT2D eigenvalue weighted by atomic mass is 10.1. The van der Waals surface area contributed by atoms with Crippen LogP contribution in [-0.4, -0.2) is 25.1 Å². The second-order valence-corrected chi connectivity index (χ2v) is 4.88. The molecule has 0 bridgehead atoms. The first-order valence-electron chi connectivity index (χ1n) is 6.67. The number of nitrogens with zero attached hydrogens (tertiary/aromatic N) is 4. The van der Waals surface area contributed by atoms with E-state index in [1.165, 1.54) is 0 Å². The van der Waals surface area contributed by atoms with E-state index in [1.54, 1.807) is 12.3 Å². The van der Waals surface area contributed by atoms with E-state index in [0.717, 1.165) is 22.0 Å². The number of aromatic hydroxyl groups is 1. The number of benzene rings is 2. The summed E-state index contributed by atoms with van der Waals surface area (Å²) in [6, 6.07) is 15.2. The van der Waals surface area contributed by atoms with E-state index in [0.29, 0.717) is 12.1 Å². The smallest absolute Gasteiger partial charge is 0.141 e. The minimum atomic E-state index is 0.192. The van der Waals surface area contributed by atoms with Gasteiger partial charge >= 0.3 is 0 Å². The average Bonchev–Trinajstić information content (AvgIpc) is 2.94. The Kier molecular flexibility index (Phi) is 2.57. The third-order valence-electron chi connectivity index (χ3n) is 3.58. The van der Waals surface area contributed by atoms with Gasteiger partial charge < -0.3 is 5.11 Å². The molecule has 0 saturated carbocycles. The van der Waals surface area contributed by atoms with Gasteiger partial charge in [-0.2, -0.15) is 0 Å². The minimum absolute atomic E-state index is 0.192. The van der Waals surface area contributed by atoms with Crippen molar-refractivity contribution in [3.63, 3.8) is 0 Å². The quantitative estimate of drug-likeness (QED) is 0.611. The van der Waals surface area contributed by atoms with Gasteiger partial charge in [0.2, 0.25) is 0 Å². The fraction of sp³-hybridized carbons (Fsp3) is 0.0625. The van der Waals surface area contributed by atoms with Crippen molar-refractivity contribution in [2.75, 3.05) is 0 Å². The van der Waals surface area contributed by atoms with Crippen molar-refractivity contribution >= 4 is 21.9 Å². The first-order valence-corrected chi connectivity index (χ1v) is 6.67. The van der Waals surface area contributed by atoms with Crippen molar-refractivity contribution < 1.29 is 5.11 Å². The summed E-state index contributed by atoms with van der Waals surface area (Å²) in [6.45, 7) is 0.586. The first kappa shape index (κ1) is 11.8. The summed E-state index contributed by atoms with van der Waals surface area (Å²) in [5.74, 6) is 0.192. The number of hydrogen-bond acceptors (Lipinski definition) is 4. The number of phenols is 1. The van der Waals surface area contributed by atoms with E-state index in [4.69, 9.17) is 0 Å². The molecule has 2 heterocycles. The number of hydrogen-bond donors (Lipinski definition) is 1. The van der Waals surface area contributed by atoms with Crippen molar-refractivity contribution in [2.45, 2.75) is 6.54 Å². The Morgan fingerprint density at radius 3 is 2.86 bits per heavy atom. The number of fused-ring (bicyclic) bond motifs is 2. The predicted octanol–water partition coefficient (Wildman–Crippen LogP) is 2.73. The molecule has 0 aliphatic carbocycles. The summed E-state index contributed by atoms with van der Waals surface area (Å²) in [7, 11) is 0. The Morgan fingerprint density at radius 1 is 1.00 bits per heavy atom. The van der Waals surface area contributed by atoms with Crippen LogP contribution in [0.2, 0.25) is 0 Å². The van der Waals surface area contributed by atoms with Gasteiger partial charge in [-0.25, -0.2) is 4.68 Å². The molecule has 5 heteroatoms. The van der Waals surface area contributed by atoms with Crippen LogP contribution in [0.4, 0.5) is 0 Å². The highest BCUT2D eigenvalue weighted by Crippen LogP contribution is 2.26. The molecular weight excluding hydrogens is 264 g/mol. The summed E-state index contributed by atoms with van der Waals surface area (Å²) >= 11 is 0. The highest BCUT2D eigenvalue weighted by molar-refractivity contribution is 5.87. The summed E-state index contributed by atoms with van der Waals surface area (Å²) in [5.41, 5.74) is 3.52. The average molecular weight is 276 g/mol. The van der Waals surface area contributed by atoms with Crippen molar-refractivity contribution in [2.24, 2.45) is 0 Å². The molecule has 2 aromatic carbocycles. The molecule has 0 unspecified atom stereocenters. The fourth-order valence-corrected chi connectivity index (χ4v) is 2.55. The van der Waals surface area contributed by atoms with E-state index >= 15 is 0 Å². The van der Waals surface area contributed by atoms with Crippen molar-refractivity contribution in [3.05, 3.63) is 60.3 Å². The van der Waals surface area contributed by atoms with Crippen LogP contribution < -0.4 is 0 Å². The van der Waals surface area contributed by atoms with Gasteiger partial charge in [-0.15, -0.1) is 5.10 Å². The summed E-state index contributed by atoms with van der Waals surface area (Å²) in [5, 5.41) is 19.2. The first-order chi connectivity index (χ1) is 10.3. The molecule has 0 saturated heterocycles. The largest absolute Gasteiger partial charge is 0.506 e. The van der Waals surface area contributed by atoms with Crippen LogP contribution in [0.25, 0.3) is 21.9 Å². The Bertz CT molecular complexity index is 945. The maximum Gasteiger partial charge on any atom is 0.141 e. The second-order valence-electron chi connectivity index (χ2n) is 4.88. The van der Waals surface area contributed by atoms with Crippen molar-refractivity contribution in [1.82, 2.24) is 20.0 Å². The zero-order chi connectivity index (χ0) is 14.2. The van der Waals surface area contributed by atoms with Crippen LogP contribution in [0.15, 0.2) is 54.7 Å². The number of aromatic nitrogens is 4. The molecule has 4 aromatic rings. The van der Waals surface area contributed by atoms with Gasteiger partial charge in [-0.05, 0) is 29.8 Å². The third kappa shape index (κ3) is 1.90. The lowest BCUT2D eigenvalue weighted by Gasteiger charge is -2.08. The SMILES string of the molecule is Oc1ccc(Cn2nnc3ccccc32)c2cccnc12. The lowest BCUT2D eigenvalue weighted by molar-refractivity contribution is 0.480. The van der Waals surface area contributed by atoms with Crippen LogP contribution in [0.3, 0.4) is 0 Å². The number of pyridine rings is 1. The van der Waals surface area contributed by atoms with Gasteiger partial charge in [-0.3, -0.25) is 4.98 Å². The molecule has 4 rings (SSSR count). The number of phenolic OH excluding ortho intramolecular Hbond substituents is 1. The minimum Gasteiger partial charge on any atom is -0.506 e. The molecule has 0 aliphatic heterocycles. The molecular formula is C16H12N4O. The van der Waals surface area contributed by atoms with E-state index in [1.807, 2.05) is 47.1 Å². The van der Waals surface area contributed by atoms with Gasteiger partial charge in [0.1, 0.15) is 16.8 Å². The Morgan fingerprint density at radius 2 is 1.90 bits per heavy atom. The summed E-state index contributed by atoms with van der Waals surface area (Å²) < 4.78 is 1.86. The molecule has 0 spiro atoms. The zero-order valence-corrected chi connectivity index (χ0v) is 11.1. The summed E-state index contributed by atoms with van der Waals surface area (Å²) in [4.78, 5) is 4.24. The van der Waals surface area contributed by atoms with Crippen LogP contribution in [0.1, 0.15) is 5.56 Å². The van der Waals surface area contributed by atoms with Gasteiger partial charge in [0.15, 0.2) is 0 Å². The molecule has 2 aromatic heterocycles. The van der Waals surface area contributed by atoms with Crippen molar-refractivity contribution in [1.29, 1.82) is 0 Å². The van der Waals surface area contributed by atoms with Gasteiger partial charge in [0.05, 0.1) is 12.1 Å². The highest BCUT2D eigenvalue weighted by atomic mass is 16.3. The van der Waals surface area contributed by atoms with Crippen LogP contribution in [-0.2, 0) is 6.54 Å². The Labute approximate surface area is 120 Å². The standard InChI is InChI=1S/C16H12N4O/c21-15-8-7-11(12-4-3-9-17-16(12)15)10-20-14-6-2-1-5-13(14)18-19-20/h1-9,21H,10H2. The topological polar surface area (TPSA) is 63.8 Å². The maximum atomic E-state index is 9.90. The van der Waals surface area contributed by atoms with E-state index in [2.05, 4.69) is 15.3 Å². The molecule has 0 amide bonds. The summed E-state index contributed by atoms with van der Waals surface area (Å²) in [6.07, 6.45) is 1.68. The molecule has 0 aliphatic rings. The highest BCUT2D eigenvalue weighted by Gasteiger charge is 2.09. The third-order valence-corrected chi connectivity index (χ3v) is 3.58. The maximum absolute atomic E-state index is 9.90. The van der Waals surface area contributed by atoms with E-state index in [-0.39, 0.29) is 5.75 Å². The second kappa shape index (κ2) is 4.56.